The number of H-pyrrole nitrogens is 1. The predicted molar refractivity (Wildman–Crippen MR) is 88.5 cm³/mol. The van der Waals surface area contributed by atoms with E-state index in [0.717, 1.165) is 47.0 Å². The zero-order valence-corrected chi connectivity index (χ0v) is 13.0. The molecule has 0 aliphatic carbocycles. The number of fused-ring (bicyclic) bond motifs is 2. The van der Waals surface area contributed by atoms with Crippen LogP contribution in [-0.4, -0.2) is 26.7 Å². The quantitative estimate of drug-likeness (QED) is 0.613. The van der Waals surface area contributed by atoms with E-state index in [1.54, 1.807) is 23.9 Å². The molecular weight excluding hydrogens is 310 g/mol. The standard InChI is InChI=1S/C16H13N5OS/c1-2-13(22-6-1)14-11-8-21(5-3-12(11)19-20-14)15-10-4-7-23-16(10)18-9-17-15/h1-2,4,6-7,9H,3,5,8H2,(H,19,20). The monoisotopic (exact) mass is 323 g/mol. The molecule has 0 saturated carbocycles. The van der Waals surface area contributed by atoms with Gasteiger partial charge in [0, 0.05) is 30.8 Å². The maximum Gasteiger partial charge on any atom is 0.154 e. The number of rotatable bonds is 2. The highest BCUT2D eigenvalue weighted by molar-refractivity contribution is 7.16. The first-order chi connectivity index (χ1) is 11.4. The van der Waals surface area contributed by atoms with E-state index < -0.39 is 0 Å². The highest BCUT2D eigenvalue weighted by atomic mass is 32.1. The summed E-state index contributed by atoms with van der Waals surface area (Å²) < 4.78 is 5.52. The number of aromatic nitrogens is 4. The number of thiophene rings is 1. The Balaban J connectivity index is 1.57. The largest absolute Gasteiger partial charge is 0.463 e. The van der Waals surface area contributed by atoms with E-state index in [0.29, 0.717) is 0 Å². The van der Waals surface area contributed by atoms with Crippen LogP contribution in [-0.2, 0) is 13.0 Å². The lowest BCUT2D eigenvalue weighted by molar-refractivity contribution is 0.578. The lowest BCUT2D eigenvalue weighted by Crippen LogP contribution is -2.31. The molecule has 5 rings (SSSR count). The van der Waals surface area contributed by atoms with Gasteiger partial charge in [0.05, 0.1) is 11.6 Å². The van der Waals surface area contributed by atoms with Crippen LogP contribution in [0.4, 0.5) is 5.82 Å². The highest BCUT2D eigenvalue weighted by Gasteiger charge is 2.25. The van der Waals surface area contributed by atoms with Gasteiger partial charge in [-0.2, -0.15) is 5.10 Å². The van der Waals surface area contributed by atoms with Gasteiger partial charge in [-0.05, 0) is 23.6 Å². The Morgan fingerprint density at radius 2 is 2.26 bits per heavy atom. The highest BCUT2D eigenvalue weighted by Crippen LogP contribution is 2.33. The molecule has 5 heterocycles. The first-order valence-electron chi connectivity index (χ1n) is 7.43. The summed E-state index contributed by atoms with van der Waals surface area (Å²) in [6.07, 6.45) is 4.24. The molecule has 0 aromatic carbocycles. The van der Waals surface area contributed by atoms with E-state index >= 15 is 0 Å². The topological polar surface area (TPSA) is 70.8 Å². The molecule has 0 bridgehead atoms. The molecule has 4 aromatic heterocycles. The second-order valence-electron chi connectivity index (χ2n) is 5.51. The molecular formula is C16H13N5OS. The number of hydrogen-bond acceptors (Lipinski definition) is 6. The summed E-state index contributed by atoms with van der Waals surface area (Å²) in [6.45, 7) is 1.68. The molecule has 23 heavy (non-hydrogen) atoms. The number of nitrogens with one attached hydrogen (secondary N) is 1. The summed E-state index contributed by atoms with van der Waals surface area (Å²) in [7, 11) is 0. The van der Waals surface area contributed by atoms with Gasteiger partial charge in [-0.3, -0.25) is 5.10 Å². The normalized spacial score (nSPS) is 14.3. The third-order valence-electron chi connectivity index (χ3n) is 4.23. The van der Waals surface area contributed by atoms with Crippen molar-refractivity contribution in [2.75, 3.05) is 11.4 Å². The Morgan fingerprint density at radius 1 is 1.26 bits per heavy atom. The van der Waals surface area contributed by atoms with E-state index in [-0.39, 0.29) is 0 Å². The molecule has 0 radical (unpaired) electrons. The van der Waals surface area contributed by atoms with Gasteiger partial charge in [0.15, 0.2) is 5.76 Å². The van der Waals surface area contributed by atoms with Crippen molar-refractivity contribution >= 4 is 27.4 Å². The molecule has 0 saturated heterocycles. The lowest BCUT2D eigenvalue weighted by atomic mass is 10.0. The summed E-state index contributed by atoms with van der Waals surface area (Å²) in [6, 6.07) is 5.92. The van der Waals surface area contributed by atoms with Crippen molar-refractivity contribution in [3.8, 4) is 11.5 Å². The van der Waals surface area contributed by atoms with E-state index in [9.17, 15) is 0 Å². The van der Waals surface area contributed by atoms with Gasteiger partial charge in [-0.25, -0.2) is 9.97 Å². The fraction of sp³-hybridized carbons (Fsp3) is 0.188. The minimum atomic E-state index is 0.768. The maximum atomic E-state index is 5.52. The molecule has 1 N–H and O–H groups in total. The van der Waals surface area contributed by atoms with Crippen LogP contribution in [0.3, 0.4) is 0 Å². The van der Waals surface area contributed by atoms with Crippen LogP contribution in [0, 0.1) is 0 Å². The number of furan rings is 1. The van der Waals surface area contributed by atoms with Gasteiger partial charge in [0.1, 0.15) is 22.7 Å². The zero-order valence-electron chi connectivity index (χ0n) is 12.2. The Labute approximate surface area is 135 Å². The van der Waals surface area contributed by atoms with Crippen molar-refractivity contribution < 1.29 is 4.42 Å². The average Bonchev–Trinajstić information content (AvgIpc) is 3.32. The van der Waals surface area contributed by atoms with Crippen LogP contribution >= 0.6 is 11.3 Å². The number of hydrogen-bond donors (Lipinski definition) is 1. The van der Waals surface area contributed by atoms with Gasteiger partial charge in [-0.1, -0.05) is 0 Å². The summed E-state index contributed by atoms with van der Waals surface area (Å²) >= 11 is 1.64. The Bertz CT molecular complexity index is 972. The second-order valence-corrected chi connectivity index (χ2v) is 6.41. The van der Waals surface area contributed by atoms with Crippen LogP contribution < -0.4 is 4.90 Å². The predicted octanol–water partition coefficient (Wildman–Crippen LogP) is 3.24. The van der Waals surface area contributed by atoms with Crippen molar-refractivity contribution in [1.29, 1.82) is 0 Å². The molecule has 0 amide bonds. The van der Waals surface area contributed by atoms with Gasteiger partial charge >= 0.3 is 0 Å². The average molecular weight is 323 g/mol. The molecule has 7 heteroatoms. The van der Waals surface area contributed by atoms with Crippen molar-refractivity contribution in [3.05, 3.63) is 47.4 Å². The van der Waals surface area contributed by atoms with E-state index in [2.05, 4.69) is 36.5 Å². The van der Waals surface area contributed by atoms with Gasteiger partial charge in [-0.15, -0.1) is 11.3 Å². The van der Waals surface area contributed by atoms with Crippen molar-refractivity contribution in [2.45, 2.75) is 13.0 Å². The number of anilines is 1. The summed E-state index contributed by atoms with van der Waals surface area (Å²) in [5.74, 6) is 1.79. The van der Waals surface area contributed by atoms with Crippen LogP contribution in [0.25, 0.3) is 21.7 Å². The molecule has 0 spiro atoms. The molecule has 1 aliphatic heterocycles. The molecule has 4 aromatic rings. The number of nitrogens with zero attached hydrogens (tertiary/aromatic N) is 4. The van der Waals surface area contributed by atoms with Crippen molar-refractivity contribution in [1.82, 2.24) is 20.2 Å². The zero-order chi connectivity index (χ0) is 15.2. The van der Waals surface area contributed by atoms with Gasteiger partial charge in [0.2, 0.25) is 0 Å². The van der Waals surface area contributed by atoms with E-state index in [1.165, 1.54) is 11.3 Å². The molecule has 0 unspecified atom stereocenters. The third kappa shape index (κ3) is 1.97. The van der Waals surface area contributed by atoms with E-state index in [4.69, 9.17) is 4.42 Å². The van der Waals surface area contributed by atoms with Gasteiger partial charge < -0.3 is 9.32 Å². The van der Waals surface area contributed by atoms with Crippen LogP contribution in [0.5, 0.6) is 0 Å². The summed E-state index contributed by atoms with van der Waals surface area (Å²) in [5.41, 5.74) is 3.27. The SMILES string of the molecule is c1coc(-c2n[nH]c3c2CN(c2ncnc4sccc24)CC3)c1. The first-order valence-corrected chi connectivity index (χ1v) is 8.31. The molecule has 0 atom stereocenters. The smallest absolute Gasteiger partial charge is 0.154 e. The summed E-state index contributed by atoms with van der Waals surface area (Å²) in [5, 5.41) is 10.8. The molecule has 6 nitrogen and oxygen atoms in total. The van der Waals surface area contributed by atoms with Crippen LogP contribution in [0.1, 0.15) is 11.3 Å². The van der Waals surface area contributed by atoms with Crippen LogP contribution in [0.15, 0.2) is 40.6 Å². The van der Waals surface area contributed by atoms with Crippen molar-refractivity contribution in [3.63, 3.8) is 0 Å². The molecule has 114 valence electrons. The number of aromatic amines is 1. The Kier molecular flexibility index (Phi) is 2.75. The third-order valence-corrected chi connectivity index (χ3v) is 5.05. The van der Waals surface area contributed by atoms with Gasteiger partial charge in [0.25, 0.3) is 0 Å². The molecule has 1 aliphatic rings. The van der Waals surface area contributed by atoms with E-state index in [1.807, 2.05) is 12.1 Å². The minimum absolute atomic E-state index is 0.768. The van der Waals surface area contributed by atoms with Crippen molar-refractivity contribution in [2.24, 2.45) is 0 Å². The second kappa shape index (κ2) is 4.92. The fourth-order valence-electron chi connectivity index (χ4n) is 3.12. The maximum absolute atomic E-state index is 5.52. The molecule has 0 fully saturated rings. The fourth-order valence-corrected chi connectivity index (χ4v) is 3.85. The first kappa shape index (κ1) is 12.8. The Morgan fingerprint density at radius 3 is 3.17 bits per heavy atom. The summed E-state index contributed by atoms with van der Waals surface area (Å²) in [4.78, 5) is 12.2. The Hall–Kier alpha value is -2.67. The minimum Gasteiger partial charge on any atom is -0.463 e. The lowest BCUT2D eigenvalue weighted by Gasteiger charge is -2.28. The van der Waals surface area contributed by atoms with Crippen LogP contribution in [0.2, 0.25) is 0 Å².